The molecule has 106 valence electrons. The number of hydrogen-bond acceptors (Lipinski definition) is 3. The number of ether oxygens (including phenoxy) is 1. The van der Waals surface area contributed by atoms with Gasteiger partial charge < -0.3 is 15.2 Å². The molecule has 0 radical (unpaired) electrons. The average molecular weight is 271 g/mol. The molecule has 0 aliphatic carbocycles. The lowest BCUT2D eigenvalue weighted by Gasteiger charge is -2.15. The average Bonchev–Trinajstić information content (AvgIpc) is 2.49. The van der Waals surface area contributed by atoms with Gasteiger partial charge in [0.1, 0.15) is 11.9 Å². The summed E-state index contributed by atoms with van der Waals surface area (Å²) in [5.41, 5.74) is 2.31. The minimum Gasteiger partial charge on any atom is -0.486 e. The van der Waals surface area contributed by atoms with E-state index in [-0.39, 0.29) is 12.7 Å². The van der Waals surface area contributed by atoms with Crippen LogP contribution in [0.15, 0.2) is 54.6 Å². The molecule has 0 bridgehead atoms. The van der Waals surface area contributed by atoms with Crippen LogP contribution in [0.5, 0.6) is 5.75 Å². The summed E-state index contributed by atoms with van der Waals surface area (Å²) in [7, 11) is 0. The van der Waals surface area contributed by atoms with Crippen molar-refractivity contribution in [1.29, 1.82) is 0 Å². The van der Waals surface area contributed by atoms with E-state index in [1.54, 1.807) is 0 Å². The predicted octanol–water partition coefficient (Wildman–Crippen LogP) is 2.91. The molecule has 2 aromatic carbocycles. The lowest BCUT2D eigenvalue weighted by Crippen LogP contribution is -2.17. The molecule has 2 aromatic rings. The van der Waals surface area contributed by atoms with E-state index in [0.717, 1.165) is 23.4 Å². The Kier molecular flexibility index (Phi) is 5.59. The van der Waals surface area contributed by atoms with Gasteiger partial charge in [0.25, 0.3) is 0 Å². The first-order chi connectivity index (χ1) is 9.79. The Bertz CT molecular complexity index is 513. The highest BCUT2D eigenvalue weighted by molar-refractivity contribution is 5.29. The fourth-order valence-electron chi connectivity index (χ4n) is 2.04. The molecule has 0 aromatic heterocycles. The maximum Gasteiger partial charge on any atom is 0.121 e. The second-order valence-electron chi connectivity index (χ2n) is 4.72. The van der Waals surface area contributed by atoms with Gasteiger partial charge in [-0.2, -0.15) is 0 Å². The lowest BCUT2D eigenvalue weighted by molar-refractivity contribution is 0.226. The molecular weight excluding hydrogens is 250 g/mol. The second kappa shape index (κ2) is 7.68. The van der Waals surface area contributed by atoms with E-state index < -0.39 is 0 Å². The first kappa shape index (κ1) is 14.6. The molecule has 3 nitrogen and oxygen atoms in total. The van der Waals surface area contributed by atoms with Crippen molar-refractivity contribution in [2.75, 3.05) is 13.2 Å². The molecule has 0 saturated carbocycles. The van der Waals surface area contributed by atoms with Crippen LogP contribution in [0.3, 0.4) is 0 Å². The van der Waals surface area contributed by atoms with Crippen LogP contribution >= 0.6 is 0 Å². The second-order valence-corrected chi connectivity index (χ2v) is 4.72. The number of aliphatic hydroxyl groups excluding tert-OH is 1. The fraction of sp³-hybridized carbons (Fsp3) is 0.294. The van der Waals surface area contributed by atoms with Crippen LogP contribution in [-0.2, 0) is 6.54 Å². The summed E-state index contributed by atoms with van der Waals surface area (Å²) >= 11 is 0. The Morgan fingerprint density at radius 1 is 1.10 bits per heavy atom. The summed E-state index contributed by atoms with van der Waals surface area (Å²) in [6.45, 7) is 3.54. The van der Waals surface area contributed by atoms with Crippen LogP contribution in [-0.4, -0.2) is 18.3 Å². The van der Waals surface area contributed by atoms with E-state index in [9.17, 15) is 0 Å². The molecule has 2 rings (SSSR count). The molecule has 1 unspecified atom stereocenters. The summed E-state index contributed by atoms with van der Waals surface area (Å²) < 4.78 is 5.97. The summed E-state index contributed by atoms with van der Waals surface area (Å²) in [6.07, 6.45) is 0.0249. The molecule has 20 heavy (non-hydrogen) atoms. The van der Waals surface area contributed by atoms with E-state index >= 15 is 0 Å². The molecule has 1 atom stereocenters. The van der Waals surface area contributed by atoms with Gasteiger partial charge in [0.15, 0.2) is 0 Å². The highest BCUT2D eigenvalue weighted by Gasteiger charge is 2.06. The summed E-state index contributed by atoms with van der Waals surface area (Å²) in [6, 6.07) is 18.2. The highest BCUT2D eigenvalue weighted by Crippen LogP contribution is 2.22. The van der Waals surface area contributed by atoms with Gasteiger partial charge in [0.05, 0.1) is 6.61 Å². The molecule has 0 aliphatic heterocycles. The molecule has 3 heteroatoms. The third-order valence-electron chi connectivity index (χ3n) is 3.10. The van der Waals surface area contributed by atoms with Gasteiger partial charge in [0.2, 0.25) is 0 Å². The van der Waals surface area contributed by atoms with Crippen molar-refractivity contribution in [1.82, 2.24) is 5.32 Å². The molecular formula is C17H21NO2. The molecule has 0 amide bonds. The minimum absolute atomic E-state index is 0.0249. The monoisotopic (exact) mass is 271 g/mol. The topological polar surface area (TPSA) is 41.5 Å². The molecule has 0 fully saturated rings. The van der Waals surface area contributed by atoms with Gasteiger partial charge in [-0.1, -0.05) is 42.5 Å². The minimum atomic E-state index is 0.0249. The Morgan fingerprint density at radius 3 is 2.65 bits per heavy atom. The van der Waals surface area contributed by atoms with Gasteiger partial charge in [-0.3, -0.25) is 0 Å². The van der Waals surface area contributed by atoms with Crippen molar-refractivity contribution < 1.29 is 9.84 Å². The standard InChI is InChI=1S/C17H21NO2/c1-14(16-7-3-2-4-8-16)20-17-9-5-6-15(12-17)13-18-10-11-19/h2-9,12,14,18-19H,10-11,13H2,1H3. The quantitative estimate of drug-likeness (QED) is 0.761. The fourth-order valence-corrected chi connectivity index (χ4v) is 2.04. The number of benzene rings is 2. The molecule has 0 saturated heterocycles. The van der Waals surface area contributed by atoms with Gasteiger partial charge in [0, 0.05) is 13.1 Å². The first-order valence-corrected chi connectivity index (χ1v) is 6.91. The Hall–Kier alpha value is -1.84. The Morgan fingerprint density at radius 2 is 1.90 bits per heavy atom. The zero-order valence-electron chi connectivity index (χ0n) is 11.8. The maximum atomic E-state index is 8.76. The van der Waals surface area contributed by atoms with Gasteiger partial charge in [-0.15, -0.1) is 0 Å². The first-order valence-electron chi connectivity index (χ1n) is 6.91. The normalized spacial score (nSPS) is 12.1. The lowest BCUT2D eigenvalue weighted by atomic mass is 10.1. The van der Waals surface area contributed by atoms with Crippen LogP contribution < -0.4 is 10.1 Å². The van der Waals surface area contributed by atoms with Gasteiger partial charge in [-0.25, -0.2) is 0 Å². The van der Waals surface area contributed by atoms with E-state index in [1.807, 2.05) is 49.4 Å². The number of hydrogen-bond donors (Lipinski definition) is 2. The molecule has 0 heterocycles. The van der Waals surface area contributed by atoms with Crippen LogP contribution in [0.4, 0.5) is 0 Å². The Balaban J connectivity index is 1.97. The van der Waals surface area contributed by atoms with Crippen LogP contribution in [0, 0.1) is 0 Å². The van der Waals surface area contributed by atoms with Crippen molar-refractivity contribution in [2.24, 2.45) is 0 Å². The van der Waals surface area contributed by atoms with Crippen LogP contribution in [0.25, 0.3) is 0 Å². The maximum absolute atomic E-state index is 8.76. The molecule has 2 N–H and O–H groups in total. The van der Waals surface area contributed by atoms with E-state index in [1.165, 1.54) is 0 Å². The largest absolute Gasteiger partial charge is 0.486 e. The SMILES string of the molecule is CC(Oc1cccc(CNCCO)c1)c1ccccc1. The van der Waals surface area contributed by atoms with Gasteiger partial charge >= 0.3 is 0 Å². The summed E-state index contributed by atoms with van der Waals surface area (Å²) in [4.78, 5) is 0. The molecule has 0 spiro atoms. The number of nitrogens with one attached hydrogen (secondary N) is 1. The van der Waals surface area contributed by atoms with E-state index in [0.29, 0.717) is 6.54 Å². The summed E-state index contributed by atoms with van der Waals surface area (Å²) in [5, 5.41) is 11.9. The Labute approximate surface area is 120 Å². The summed E-state index contributed by atoms with van der Waals surface area (Å²) in [5.74, 6) is 0.865. The van der Waals surface area contributed by atoms with Crippen LogP contribution in [0.1, 0.15) is 24.2 Å². The van der Waals surface area contributed by atoms with Gasteiger partial charge in [-0.05, 0) is 30.2 Å². The zero-order chi connectivity index (χ0) is 14.2. The van der Waals surface area contributed by atoms with E-state index in [2.05, 4.69) is 17.4 Å². The third-order valence-corrected chi connectivity index (χ3v) is 3.10. The zero-order valence-corrected chi connectivity index (χ0v) is 11.8. The van der Waals surface area contributed by atoms with E-state index in [4.69, 9.17) is 9.84 Å². The third kappa shape index (κ3) is 4.37. The smallest absolute Gasteiger partial charge is 0.121 e. The van der Waals surface area contributed by atoms with Crippen molar-refractivity contribution in [3.63, 3.8) is 0 Å². The van der Waals surface area contributed by atoms with Crippen molar-refractivity contribution >= 4 is 0 Å². The molecule has 0 aliphatic rings. The van der Waals surface area contributed by atoms with Crippen molar-refractivity contribution in [3.05, 3.63) is 65.7 Å². The van der Waals surface area contributed by atoms with Crippen molar-refractivity contribution in [3.8, 4) is 5.75 Å². The highest BCUT2D eigenvalue weighted by atomic mass is 16.5. The van der Waals surface area contributed by atoms with Crippen LogP contribution in [0.2, 0.25) is 0 Å². The van der Waals surface area contributed by atoms with Crippen molar-refractivity contribution in [2.45, 2.75) is 19.6 Å². The number of aliphatic hydroxyl groups is 1. The number of rotatable bonds is 7. The predicted molar refractivity (Wildman–Crippen MR) is 80.7 cm³/mol.